The van der Waals surface area contributed by atoms with Crippen LogP contribution in [-0.4, -0.2) is 10.7 Å². The van der Waals surface area contributed by atoms with Crippen LogP contribution in [0.5, 0.6) is 0 Å². The van der Waals surface area contributed by atoms with E-state index >= 15 is 0 Å². The van der Waals surface area contributed by atoms with E-state index in [4.69, 9.17) is 11.6 Å². The van der Waals surface area contributed by atoms with Gasteiger partial charge in [-0.3, -0.25) is 0 Å². The molecule has 0 radical (unpaired) electrons. The number of hydrogen-bond donors (Lipinski definition) is 1. The van der Waals surface area contributed by atoms with E-state index in [1.807, 2.05) is 0 Å². The van der Waals surface area contributed by atoms with Crippen molar-refractivity contribution in [3.05, 3.63) is 34.6 Å². The van der Waals surface area contributed by atoms with Gasteiger partial charge >= 0.3 is 0 Å². The van der Waals surface area contributed by atoms with Gasteiger partial charge in [-0.1, -0.05) is 37.8 Å². The summed E-state index contributed by atoms with van der Waals surface area (Å²) >= 11 is 5.89. The maximum Gasteiger partial charge on any atom is 0.126 e. The molecule has 0 bridgehead atoms. The topological polar surface area (TPSA) is 20.2 Å². The maximum absolute atomic E-state index is 13.7. The van der Waals surface area contributed by atoms with Gasteiger partial charge in [-0.15, -0.1) is 0 Å². The molecule has 1 aromatic rings. The minimum absolute atomic E-state index is 0.272. The average Bonchev–Trinajstić information content (AvgIpc) is 2.33. The molecule has 0 heterocycles. The Morgan fingerprint density at radius 1 is 1.50 bits per heavy atom. The summed E-state index contributed by atoms with van der Waals surface area (Å²) in [5.74, 6) is 0.289. The van der Waals surface area contributed by atoms with Crippen LogP contribution in [0.25, 0.3) is 0 Å². The monoisotopic (exact) mass is 270 g/mol. The van der Waals surface area contributed by atoms with Crippen LogP contribution in [0.15, 0.2) is 18.2 Å². The molecule has 0 aliphatic heterocycles. The van der Waals surface area contributed by atoms with Crippen molar-refractivity contribution < 1.29 is 9.50 Å². The van der Waals surface area contributed by atoms with Gasteiger partial charge in [-0.2, -0.15) is 0 Å². The molecule has 18 heavy (non-hydrogen) atoms. The first kappa shape index (κ1) is 13.8. The lowest BCUT2D eigenvalue weighted by atomic mass is 9.74. The highest BCUT2D eigenvalue weighted by molar-refractivity contribution is 6.30. The highest BCUT2D eigenvalue weighted by Gasteiger charge is 2.34. The van der Waals surface area contributed by atoms with E-state index in [1.165, 1.54) is 12.5 Å². The lowest BCUT2D eigenvalue weighted by molar-refractivity contribution is -0.0168. The van der Waals surface area contributed by atoms with Gasteiger partial charge < -0.3 is 5.11 Å². The van der Waals surface area contributed by atoms with E-state index in [9.17, 15) is 9.50 Å². The zero-order valence-electron chi connectivity index (χ0n) is 10.8. The fourth-order valence-electron chi connectivity index (χ4n) is 3.00. The molecule has 2 atom stereocenters. The van der Waals surface area contributed by atoms with Gasteiger partial charge in [0.2, 0.25) is 0 Å². The molecule has 1 nitrogen and oxygen atoms in total. The van der Waals surface area contributed by atoms with Crippen LogP contribution < -0.4 is 0 Å². The molecule has 1 aliphatic rings. The van der Waals surface area contributed by atoms with Crippen molar-refractivity contribution in [3.63, 3.8) is 0 Å². The van der Waals surface area contributed by atoms with Crippen molar-refractivity contribution in [2.45, 2.75) is 51.0 Å². The van der Waals surface area contributed by atoms with E-state index in [1.54, 1.807) is 12.1 Å². The number of rotatable bonds is 3. The fraction of sp³-hybridized carbons (Fsp3) is 0.600. The molecular formula is C15H20ClFO. The first-order chi connectivity index (χ1) is 8.52. The van der Waals surface area contributed by atoms with E-state index in [2.05, 4.69) is 6.92 Å². The summed E-state index contributed by atoms with van der Waals surface area (Å²) in [7, 11) is 0. The van der Waals surface area contributed by atoms with Crippen molar-refractivity contribution in [1.82, 2.24) is 0 Å². The Bertz CT molecular complexity index is 421. The summed E-state index contributed by atoms with van der Waals surface area (Å²) < 4.78 is 13.7. The van der Waals surface area contributed by atoms with Crippen molar-refractivity contribution in [2.24, 2.45) is 5.92 Å². The molecule has 1 aromatic carbocycles. The molecule has 1 N–H and O–H groups in total. The molecule has 0 amide bonds. The van der Waals surface area contributed by atoms with Crippen LogP contribution in [0.1, 0.15) is 44.6 Å². The minimum Gasteiger partial charge on any atom is -0.390 e. The van der Waals surface area contributed by atoms with Crippen molar-refractivity contribution in [1.29, 1.82) is 0 Å². The minimum atomic E-state index is -0.759. The summed E-state index contributed by atoms with van der Waals surface area (Å²) in [4.78, 5) is 0. The second kappa shape index (κ2) is 5.58. The number of benzene rings is 1. The van der Waals surface area contributed by atoms with Gasteiger partial charge in [0.25, 0.3) is 0 Å². The second-order valence-electron chi connectivity index (χ2n) is 5.51. The SMILES string of the molecule is CCC1CCCC(O)(Cc2cc(Cl)ccc2F)C1. The first-order valence-electron chi connectivity index (χ1n) is 6.69. The average molecular weight is 271 g/mol. The highest BCUT2D eigenvalue weighted by atomic mass is 35.5. The molecule has 1 aliphatic carbocycles. The van der Waals surface area contributed by atoms with Crippen LogP contribution in [0.4, 0.5) is 4.39 Å². The summed E-state index contributed by atoms with van der Waals surface area (Å²) in [5, 5.41) is 11.2. The summed E-state index contributed by atoms with van der Waals surface area (Å²) in [5.41, 5.74) is -0.230. The predicted octanol–water partition coefficient (Wildman–Crippen LogP) is 4.35. The quantitative estimate of drug-likeness (QED) is 0.866. The normalized spacial score (nSPS) is 28.3. The Balaban J connectivity index is 2.14. The van der Waals surface area contributed by atoms with Gasteiger partial charge in [-0.05, 0) is 42.5 Å². The molecule has 100 valence electrons. The Hall–Kier alpha value is -0.600. The molecule has 0 saturated heterocycles. The number of aliphatic hydroxyl groups is 1. The molecule has 2 unspecified atom stereocenters. The lowest BCUT2D eigenvalue weighted by Gasteiger charge is -2.36. The third-order valence-corrected chi connectivity index (χ3v) is 4.26. The van der Waals surface area contributed by atoms with E-state index < -0.39 is 5.60 Å². The van der Waals surface area contributed by atoms with Crippen LogP contribution in [-0.2, 0) is 6.42 Å². The van der Waals surface area contributed by atoms with Crippen LogP contribution in [0.2, 0.25) is 5.02 Å². The molecule has 2 rings (SSSR count). The van der Waals surface area contributed by atoms with Crippen molar-refractivity contribution >= 4 is 11.6 Å². The van der Waals surface area contributed by atoms with Crippen molar-refractivity contribution in [3.8, 4) is 0 Å². The summed E-state index contributed by atoms with van der Waals surface area (Å²) in [6, 6.07) is 4.55. The molecule has 0 spiro atoms. The lowest BCUT2D eigenvalue weighted by Crippen LogP contribution is -2.37. The Kier molecular flexibility index (Phi) is 4.29. The molecular weight excluding hydrogens is 251 g/mol. The molecule has 0 aromatic heterocycles. The zero-order chi connectivity index (χ0) is 13.2. The first-order valence-corrected chi connectivity index (χ1v) is 7.06. The molecule has 1 saturated carbocycles. The maximum atomic E-state index is 13.7. The third-order valence-electron chi connectivity index (χ3n) is 4.03. The largest absolute Gasteiger partial charge is 0.390 e. The number of hydrogen-bond acceptors (Lipinski definition) is 1. The van der Waals surface area contributed by atoms with Crippen LogP contribution >= 0.6 is 11.6 Å². The molecule has 1 fully saturated rings. The highest BCUT2D eigenvalue weighted by Crippen LogP contribution is 2.37. The van der Waals surface area contributed by atoms with Crippen LogP contribution in [0, 0.1) is 11.7 Å². The van der Waals surface area contributed by atoms with E-state index in [-0.39, 0.29) is 5.82 Å². The Morgan fingerprint density at radius 2 is 2.28 bits per heavy atom. The zero-order valence-corrected chi connectivity index (χ0v) is 11.5. The van der Waals surface area contributed by atoms with Gasteiger partial charge in [0.15, 0.2) is 0 Å². The van der Waals surface area contributed by atoms with Crippen molar-refractivity contribution in [2.75, 3.05) is 0 Å². The Morgan fingerprint density at radius 3 is 3.00 bits per heavy atom. The smallest absolute Gasteiger partial charge is 0.126 e. The third kappa shape index (κ3) is 3.24. The van der Waals surface area contributed by atoms with Crippen LogP contribution in [0.3, 0.4) is 0 Å². The number of halogens is 2. The van der Waals surface area contributed by atoms with E-state index in [0.29, 0.717) is 22.9 Å². The van der Waals surface area contributed by atoms with Gasteiger partial charge in [0, 0.05) is 11.4 Å². The summed E-state index contributed by atoms with van der Waals surface area (Å²) in [6.45, 7) is 2.15. The van der Waals surface area contributed by atoms with Gasteiger partial charge in [0.05, 0.1) is 5.60 Å². The van der Waals surface area contributed by atoms with Gasteiger partial charge in [-0.25, -0.2) is 4.39 Å². The Labute approximate surface area is 113 Å². The summed E-state index contributed by atoms with van der Waals surface area (Å²) in [6.07, 6.45) is 5.19. The fourth-order valence-corrected chi connectivity index (χ4v) is 3.20. The van der Waals surface area contributed by atoms with E-state index in [0.717, 1.165) is 25.7 Å². The predicted molar refractivity (Wildman–Crippen MR) is 72.3 cm³/mol. The van der Waals surface area contributed by atoms with Gasteiger partial charge in [0.1, 0.15) is 5.82 Å². The second-order valence-corrected chi connectivity index (χ2v) is 5.94. The standard InChI is InChI=1S/C15H20ClFO/c1-2-11-4-3-7-15(18,9-11)10-12-8-13(16)5-6-14(12)17/h5-6,8,11,18H,2-4,7,9-10H2,1H3. The molecule has 3 heteroatoms.